The molecule has 1 saturated heterocycles. The number of rotatable bonds is 4. The highest BCUT2D eigenvalue weighted by Gasteiger charge is 2.29. The van der Waals surface area contributed by atoms with Gasteiger partial charge in [-0.15, -0.1) is 11.3 Å². The fourth-order valence-electron chi connectivity index (χ4n) is 4.70. The molecule has 2 atom stereocenters. The zero-order valence-corrected chi connectivity index (χ0v) is 19.9. The lowest BCUT2D eigenvalue weighted by molar-refractivity contribution is -0.129. The number of aryl methyl sites for hydroxylation is 1. The number of aromatic nitrogens is 2. The summed E-state index contributed by atoms with van der Waals surface area (Å²) in [6.45, 7) is 5.61. The Balaban J connectivity index is 1.65. The molecule has 1 aromatic carbocycles. The highest BCUT2D eigenvalue weighted by atomic mass is 32.2. The number of amides is 1. The van der Waals surface area contributed by atoms with Crippen LogP contribution in [0.15, 0.2) is 34.2 Å². The van der Waals surface area contributed by atoms with E-state index in [4.69, 9.17) is 4.98 Å². The fraction of sp³-hybridized carbons (Fsp3) is 0.458. The van der Waals surface area contributed by atoms with Crippen LogP contribution in [-0.4, -0.2) is 38.7 Å². The first kappa shape index (κ1) is 21.6. The maximum Gasteiger partial charge on any atom is 0.267 e. The SMILES string of the molecule is C[C@@H]1CCc2c(sc3nc(S[C@@H](C)C(=O)N4CCCC4)n(-c4ccccc4F)c(=O)c23)C1. The van der Waals surface area contributed by atoms with Crippen LogP contribution >= 0.6 is 23.1 Å². The van der Waals surface area contributed by atoms with Gasteiger partial charge in [0.1, 0.15) is 10.6 Å². The predicted octanol–water partition coefficient (Wildman–Crippen LogP) is 4.81. The van der Waals surface area contributed by atoms with E-state index in [1.165, 1.54) is 27.3 Å². The van der Waals surface area contributed by atoms with Crippen LogP contribution in [0.3, 0.4) is 0 Å². The molecule has 1 amide bonds. The van der Waals surface area contributed by atoms with Crippen LogP contribution in [0.4, 0.5) is 4.39 Å². The molecule has 0 spiro atoms. The summed E-state index contributed by atoms with van der Waals surface area (Å²) >= 11 is 2.82. The standard InChI is InChI=1S/C24H26FN3O2S2/c1-14-9-10-16-19(13-14)32-21-20(16)23(30)28(18-8-4-3-7-17(18)25)24(26-21)31-15(2)22(29)27-11-5-6-12-27/h3-4,7-8,14-15H,5-6,9-13H2,1-2H3/t14-,15+/m1/s1. The van der Waals surface area contributed by atoms with E-state index < -0.39 is 11.1 Å². The van der Waals surface area contributed by atoms with E-state index in [-0.39, 0.29) is 17.2 Å². The number of benzene rings is 1. The van der Waals surface area contributed by atoms with E-state index in [0.717, 1.165) is 50.8 Å². The molecule has 8 heteroatoms. The van der Waals surface area contributed by atoms with Gasteiger partial charge in [-0.05, 0) is 62.6 Å². The molecular formula is C24H26FN3O2S2. The van der Waals surface area contributed by atoms with Crippen molar-refractivity contribution in [1.82, 2.24) is 14.5 Å². The van der Waals surface area contributed by atoms with Crippen molar-refractivity contribution in [2.75, 3.05) is 13.1 Å². The summed E-state index contributed by atoms with van der Waals surface area (Å²) in [6.07, 6.45) is 4.87. The second kappa shape index (κ2) is 8.63. The number of hydrogen-bond acceptors (Lipinski definition) is 5. The normalized spacial score (nSPS) is 19.3. The molecule has 1 aliphatic carbocycles. The van der Waals surface area contributed by atoms with Gasteiger partial charge in [-0.25, -0.2) is 9.37 Å². The van der Waals surface area contributed by atoms with E-state index in [2.05, 4.69) is 6.92 Å². The summed E-state index contributed by atoms with van der Waals surface area (Å²) in [5.74, 6) is 0.145. The van der Waals surface area contributed by atoms with Crippen LogP contribution in [-0.2, 0) is 17.6 Å². The Labute approximate surface area is 194 Å². The molecule has 32 heavy (non-hydrogen) atoms. The van der Waals surface area contributed by atoms with Crippen LogP contribution in [0.2, 0.25) is 0 Å². The van der Waals surface area contributed by atoms with Crippen LogP contribution in [0.1, 0.15) is 43.6 Å². The zero-order chi connectivity index (χ0) is 22.4. The molecule has 3 heterocycles. The van der Waals surface area contributed by atoms with Crippen LogP contribution < -0.4 is 5.56 Å². The number of thiophene rings is 1. The predicted molar refractivity (Wildman–Crippen MR) is 127 cm³/mol. The highest BCUT2D eigenvalue weighted by molar-refractivity contribution is 8.00. The minimum absolute atomic E-state index is 0.0428. The summed E-state index contributed by atoms with van der Waals surface area (Å²) in [5, 5.41) is 0.576. The maximum atomic E-state index is 14.8. The molecule has 0 N–H and O–H groups in total. The Hall–Kier alpha value is -2.19. The van der Waals surface area contributed by atoms with Crippen molar-refractivity contribution in [2.24, 2.45) is 5.92 Å². The molecule has 0 bridgehead atoms. The van der Waals surface area contributed by atoms with Gasteiger partial charge in [0.05, 0.1) is 16.3 Å². The number of nitrogens with zero attached hydrogens (tertiary/aromatic N) is 3. The molecule has 1 fully saturated rings. The Morgan fingerprint density at radius 3 is 2.78 bits per heavy atom. The largest absolute Gasteiger partial charge is 0.342 e. The molecule has 5 rings (SSSR count). The van der Waals surface area contributed by atoms with Gasteiger partial charge in [0.15, 0.2) is 5.16 Å². The summed E-state index contributed by atoms with van der Waals surface area (Å²) in [4.78, 5) is 35.3. The maximum absolute atomic E-state index is 14.8. The quantitative estimate of drug-likeness (QED) is 0.405. The first-order chi connectivity index (χ1) is 15.4. The fourth-order valence-corrected chi connectivity index (χ4v) is 7.13. The lowest BCUT2D eigenvalue weighted by Gasteiger charge is -2.21. The molecule has 0 radical (unpaired) electrons. The smallest absolute Gasteiger partial charge is 0.267 e. The van der Waals surface area contributed by atoms with Gasteiger partial charge in [0.2, 0.25) is 5.91 Å². The third-order valence-electron chi connectivity index (χ3n) is 6.44. The number of hydrogen-bond donors (Lipinski definition) is 0. The van der Waals surface area contributed by atoms with Crippen molar-refractivity contribution in [2.45, 2.75) is 56.4 Å². The number of halogens is 1. The van der Waals surface area contributed by atoms with E-state index in [1.807, 2.05) is 11.8 Å². The van der Waals surface area contributed by atoms with E-state index in [0.29, 0.717) is 21.3 Å². The van der Waals surface area contributed by atoms with E-state index in [9.17, 15) is 14.0 Å². The minimum Gasteiger partial charge on any atom is -0.342 e. The lowest BCUT2D eigenvalue weighted by atomic mass is 9.89. The second-order valence-corrected chi connectivity index (χ2v) is 11.2. The first-order valence-corrected chi connectivity index (χ1v) is 12.9. The molecule has 5 nitrogen and oxygen atoms in total. The van der Waals surface area contributed by atoms with Crippen molar-refractivity contribution >= 4 is 39.2 Å². The summed E-state index contributed by atoms with van der Waals surface area (Å²) < 4.78 is 16.2. The van der Waals surface area contributed by atoms with Gasteiger partial charge in [0.25, 0.3) is 5.56 Å². The zero-order valence-electron chi connectivity index (χ0n) is 18.3. The Morgan fingerprint density at radius 2 is 2.03 bits per heavy atom. The van der Waals surface area contributed by atoms with Gasteiger partial charge >= 0.3 is 0 Å². The number of carbonyl (C=O) groups excluding carboxylic acids is 1. The lowest BCUT2D eigenvalue weighted by Crippen LogP contribution is -2.34. The third kappa shape index (κ3) is 3.77. The molecule has 3 aromatic rings. The number of thioether (sulfide) groups is 1. The summed E-state index contributed by atoms with van der Waals surface area (Å²) in [6, 6.07) is 6.27. The van der Waals surface area contributed by atoms with Gasteiger partial charge in [0, 0.05) is 18.0 Å². The number of fused-ring (bicyclic) bond motifs is 3. The summed E-state index contributed by atoms with van der Waals surface area (Å²) in [7, 11) is 0. The molecule has 1 aliphatic heterocycles. The number of para-hydroxylation sites is 1. The molecule has 0 unspecified atom stereocenters. The minimum atomic E-state index is -0.478. The Bertz CT molecular complexity index is 1250. The van der Waals surface area contributed by atoms with Gasteiger partial charge in [-0.2, -0.15) is 0 Å². The average Bonchev–Trinajstić information content (AvgIpc) is 3.42. The molecular weight excluding hydrogens is 445 g/mol. The molecule has 2 aliphatic rings. The molecule has 0 saturated carbocycles. The number of likely N-dealkylation sites (tertiary alicyclic amines) is 1. The van der Waals surface area contributed by atoms with Crippen LogP contribution in [0, 0.1) is 11.7 Å². The van der Waals surface area contributed by atoms with Gasteiger partial charge < -0.3 is 4.90 Å². The van der Waals surface area contributed by atoms with Gasteiger partial charge in [-0.3, -0.25) is 14.2 Å². The van der Waals surface area contributed by atoms with Crippen molar-refractivity contribution in [3.05, 3.63) is 50.9 Å². The summed E-state index contributed by atoms with van der Waals surface area (Å²) in [5.41, 5.74) is 1.01. The van der Waals surface area contributed by atoms with Crippen molar-refractivity contribution in [3.63, 3.8) is 0 Å². The van der Waals surface area contributed by atoms with E-state index >= 15 is 0 Å². The highest BCUT2D eigenvalue weighted by Crippen LogP contribution is 2.37. The topological polar surface area (TPSA) is 55.2 Å². The first-order valence-electron chi connectivity index (χ1n) is 11.2. The van der Waals surface area contributed by atoms with Crippen LogP contribution in [0.5, 0.6) is 0 Å². The Kier molecular flexibility index (Phi) is 5.84. The molecule has 2 aromatic heterocycles. The van der Waals surface area contributed by atoms with Crippen molar-refractivity contribution < 1.29 is 9.18 Å². The van der Waals surface area contributed by atoms with Crippen molar-refractivity contribution in [3.8, 4) is 5.69 Å². The Morgan fingerprint density at radius 1 is 1.28 bits per heavy atom. The third-order valence-corrected chi connectivity index (χ3v) is 8.63. The van der Waals surface area contributed by atoms with Gasteiger partial charge in [-0.1, -0.05) is 30.8 Å². The van der Waals surface area contributed by atoms with Crippen molar-refractivity contribution in [1.29, 1.82) is 0 Å². The average molecular weight is 472 g/mol. The second-order valence-electron chi connectivity index (χ2n) is 8.81. The monoisotopic (exact) mass is 471 g/mol. The molecule has 168 valence electrons. The number of carbonyl (C=O) groups is 1. The van der Waals surface area contributed by atoms with E-state index in [1.54, 1.807) is 29.5 Å². The van der Waals surface area contributed by atoms with Crippen LogP contribution in [0.25, 0.3) is 15.9 Å².